The topological polar surface area (TPSA) is 46.0 Å². The number of phenolic OH excluding ortho intramolecular Hbond substituents is 1. The van der Waals surface area contributed by atoms with Crippen LogP contribution < -0.4 is 0 Å². The predicted octanol–water partition coefficient (Wildman–Crippen LogP) is 4.31. The van der Waals surface area contributed by atoms with Gasteiger partial charge in [0.15, 0.2) is 0 Å². The largest absolute Gasteiger partial charge is 0.507 e. The first-order valence-electron chi connectivity index (χ1n) is 6.20. The molecular formula is C16H10ClFN2O. The van der Waals surface area contributed by atoms with E-state index in [0.717, 1.165) is 11.1 Å². The first-order chi connectivity index (χ1) is 10.1. The number of hydrogen-bond donors (Lipinski definition) is 1. The Morgan fingerprint density at radius 1 is 0.905 bits per heavy atom. The monoisotopic (exact) mass is 300 g/mol. The molecule has 0 unspecified atom stereocenters. The van der Waals surface area contributed by atoms with Crippen molar-refractivity contribution in [2.24, 2.45) is 0 Å². The van der Waals surface area contributed by atoms with Gasteiger partial charge in [-0.1, -0.05) is 23.7 Å². The Morgan fingerprint density at radius 2 is 1.67 bits per heavy atom. The maximum atomic E-state index is 13.0. The highest BCUT2D eigenvalue weighted by Crippen LogP contribution is 2.38. The lowest BCUT2D eigenvalue weighted by Crippen LogP contribution is -1.87. The number of phenols is 1. The van der Waals surface area contributed by atoms with Gasteiger partial charge < -0.3 is 5.11 Å². The summed E-state index contributed by atoms with van der Waals surface area (Å²) in [4.78, 5) is 0. The summed E-state index contributed by atoms with van der Waals surface area (Å²) < 4.78 is 13.0. The summed E-state index contributed by atoms with van der Waals surface area (Å²) in [5, 5.41) is 18.0. The molecule has 21 heavy (non-hydrogen) atoms. The summed E-state index contributed by atoms with van der Waals surface area (Å²) in [6.07, 6.45) is 3.10. The third-order valence-electron chi connectivity index (χ3n) is 3.14. The van der Waals surface area contributed by atoms with Gasteiger partial charge in [0.25, 0.3) is 0 Å². The Labute approximate surface area is 125 Å². The molecule has 0 radical (unpaired) electrons. The minimum Gasteiger partial charge on any atom is -0.507 e. The Morgan fingerprint density at radius 3 is 2.33 bits per heavy atom. The van der Waals surface area contributed by atoms with Crippen LogP contribution in [0.3, 0.4) is 0 Å². The highest BCUT2D eigenvalue weighted by atomic mass is 35.5. The first kappa shape index (κ1) is 13.5. The van der Waals surface area contributed by atoms with Gasteiger partial charge in [0.05, 0.1) is 17.4 Å². The molecule has 0 aliphatic carbocycles. The Bertz CT molecular complexity index is 776. The molecule has 0 saturated carbocycles. The standard InChI is InChI=1S/C16H10ClFN2O/c17-15-8-16(21)14(11-5-6-19-20-9-11)7-13(15)10-1-3-12(18)4-2-10/h1-9,21H. The van der Waals surface area contributed by atoms with Crippen LogP contribution in [0.5, 0.6) is 5.75 Å². The van der Waals surface area contributed by atoms with E-state index in [-0.39, 0.29) is 11.6 Å². The van der Waals surface area contributed by atoms with Crippen molar-refractivity contribution in [3.05, 3.63) is 65.7 Å². The van der Waals surface area contributed by atoms with E-state index in [1.165, 1.54) is 18.2 Å². The second kappa shape index (κ2) is 5.50. The van der Waals surface area contributed by atoms with Crippen molar-refractivity contribution in [3.63, 3.8) is 0 Å². The van der Waals surface area contributed by atoms with Crippen LogP contribution in [0.15, 0.2) is 54.9 Å². The molecular weight excluding hydrogens is 291 g/mol. The molecule has 3 aromatic rings. The highest BCUT2D eigenvalue weighted by Gasteiger charge is 2.11. The van der Waals surface area contributed by atoms with Crippen molar-refractivity contribution in [2.75, 3.05) is 0 Å². The van der Waals surface area contributed by atoms with Crippen LogP contribution in [-0.4, -0.2) is 15.3 Å². The molecule has 0 aliphatic rings. The van der Waals surface area contributed by atoms with E-state index in [2.05, 4.69) is 10.2 Å². The van der Waals surface area contributed by atoms with Crippen LogP contribution in [0.2, 0.25) is 5.02 Å². The zero-order valence-corrected chi connectivity index (χ0v) is 11.5. The lowest BCUT2D eigenvalue weighted by atomic mass is 9.99. The SMILES string of the molecule is Oc1cc(Cl)c(-c2ccc(F)cc2)cc1-c1ccnnc1. The van der Waals surface area contributed by atoms with Gasteiger partial charge >= 0.3 is 0 Å². The maximum absolute atomic E-state index is 13.0. The van der Waals surface area contributed by atoms with E-state index in [9.17, 15) is 9.50 Å². The van der Waals surface area contributed by atoms with E-state index in [1.807, 2.05) is 0 Å². The van der Waals surface area contributed by atoms with Crippen LogP contribution >= 0.6 is 11.6 Å². The average Bonchev–Trinajstić information content (AvgIpc) is 2.49. The van der Waals surface area contributed by atoms with Crippen LogP contribution in [0.1, 0.15) is 0 Å². The van der Waals surface area contributed by atoms with Gasteiger partial charge in [-0.05, 0) is 35.9 Å². The van der Waals surface area contributed by atoms with Crippen molar-refractivity contribution in [2.45, 2.75) is 0 Å². The van der Waals surface area contributed by atoms with Gasteiger partial charge in [0, 0.05) is 16.7 Å². The molecule has 0 fully saturated rings. The number of nitrogens with zero attached hydrogens (tertiary/aromatic N) is 2. The molecule has 0 saturated heterocycles. The number of benzene rings is 2. The van der Waals surface area contributed by atoms with Crippen LogP contribution in [-0.2, 0) is 0 Å². The van der Waals surface area contributed by atoms with E-state index < -0.39 is 0 Å². The first-order valence-corrected chi connectivity index (χ1v) is 6.58. The zero-order valence-electron chi connectivity index (χ0n) is 10.8. The fraction of sp³-hybridized carbons (Fsp3) is 0. The summed E-state index contributed by atoms with van der Waals surface area (Å²) >= 11 is 6.18. The van der Waals surface area contributed by atoms with E-state index in [4.69, 9.17) is 11.6 Å². The second-order valence-corrected chi connectivity index (χ2v) is 4.89. The van der Waals surface area contributed by atoms with E-state index in [1.54, 1.807) is 36.7 Å². The lowest BCUT2D eigenvalue weighted by molar-refractivity contribution is 0.477. The number of hydrogen-bond acceptors (Lipinski definition) is 3. The summed E-state index contributed by atoms with van der Waals surface area (Å²) in [6.45, 7) is 0. The van der Waals surface area contributed by atoms with Gasteiger partial charge in [-0.2, -0.15) is 10.2 Å². The fourth-order valence-corrected chi connectivity index (χ4v) is 2.36. The van der Waals surface area contributed by atoms with Crippen LogP contribution in [0.4, 0.5) is 4.39 Å². The molecule has 5 heteroatoms. The smallest absolute Gasteiger partial charge is 0.124 e. The fourth-order valence-electron chi connectivity index (χ4n) is 2.09. The van der Waals surface area contributed by atoms with Crippen molar-refractivity contribution in [1.82, 2.24) is 10.2 Å². The van der Waals surface area contributed by atoms with Crippen molar-refractivity contribution >= 4 is 11.6 Å². The molecule has 1 N–H and O–H groups in total. The quantitative estimate of drug-likeness (QED) is 0.767. The maximum Gasteiger partial charge on any atom is 0.124 e. The third-order valence-corrected chi connectivity index (χ3v) is 3.45. The van der Waals surface area contributed by atoms with Gasteiger partial charge in [-0.3, -0.25) is 0 Å². The average molecular weight is 301 g/mol. The molecule has 0 atom stereocenters. The molecule has 3 nitrogen and oxygen atoms in total. The zero-order chi connectivity index (χ0) is 14.8. The van der Waals surface area contributed by atoms with E-state index in [0.29, 0.717) is 16.1 Å². The molecule has 2 aromatic carbocycles. The molecule has 104 valence electrons. The molecule has 0 bridgehead atoms. The summed E-state index contributed by atoms with van der Waals surface area (Å²) in [5.74, 6) is -0.258. The summed E-state index contributed by atoms with van der Waals surface area (Å²) in [7, 11) is 0. The lowest BCUT2D eigenvalue weighted by Gasteiger charge is -2.10. The normalized spacial score (nSPS) is 10.6. The third kappa shape index (κ3) is 2.71. The molecule has 0 amide bonds. The second-order valence-electron chi connectivity index (χ2n) is 4.49. The Balaban J connectivity index is 2.16. The molecule has 0 aliphatic heterocycles. The van der Waals surface area contributed by atoms with Gasteiger partial charge in [-0.15, -0.1) is 0 Å². The summed E-state index contributed by atoms with van der Waals surface area (Å²) in [5.41, 5.74) is 2.79. The molecule has 3 rings (SSSR count). The highest BCUT2D eigenvalue weighted by molar-refractivity contribution is 6.33. The minimum atomic E-state index is -0.313. The number of rotatable bonds is 2. The molecule has 1 heterocycles. The van der Waals surface area contributed by atoms with Gasteiger partial charge in [0.2, 0.25) is 0 Å². The van der Waals surface area contributed by atoms with Gasteiger partial charge in [-0.25, -0.2) is 4.39 Å². The number of aromatic hydroxyl groups is 1. The van der Waals surface area contributed by atoms with Crippen LogP contribution in [0.25, 0.3) is 22.3 Å². The Hall–Kier alpha value is -2.46. The summed E-state index contributed by atoms with van der Waals surface area (Å²) in [6, 6.07) is 11.0. The van der Waals surface area contributed by atoms with Crippen molar-refractivity contribution in [1.29, 1.82) is 0 Å². The molecule has 1 aromatic heterocycles. The van der Waals surface area contributed by atoms with Crippen molar-refractivity contribution < 1.29 is 9.50 Å². The van der Waals surface area contributed by atoms with E-state index >= 15 is 0 Å². The number of halogens is 2. The Kier molecular flexibility index (Phi) is 3.54. The van der Waals surface area contributed by atoms with Crippen molar-refractivity contribution in [3.8, 4) is 28.0 Å². The molecule has 0 spiro atoms. The van der Waals surface area contributed by atoms with Crippen LogP contribution in [0, 0.1) is 5.82 Å². The van der Waals surface area contributed by atoms with Gasteiger partial charge in [0.1, 0.15) is 11.6 Å². The predicted molar refractivity (Wildman–Crippen MR) is 79.5 cm³/mol. The minimum absolute atomic E-state index is 0.0545. The number of aromatic nitrogens is 2.